The van der Waals surface area contributed by atoms with Crippen molar-refractivity contribution in [2.45, 2.75) is 13.0 Å². The largest absolute Gasteiger partial charge is 0.369 e. The molecular formula is C10H8Cl3N. The lowest BCUT2D eigenvalue weighted by molar-refractivity contribution is 1.04. The molecule has 14 heavy (non-hydrogen) atoms. The summed E-state index contributed by atoms with van der Waals surface area (Å²) < 4.78 is 0. The third-order valence-electron chi connectivity index (χ3n) is 1.62. The molecule has 1 aromatic rings. The van der Waals surface area contributed by atoms with Crippen molar-refractivity contribution in [2.75, 3.05) is 5.32 Å². The molecule has 0 amide bonds. The smallest absolute Gasteiger partial charge is 0.0846 e. The molecule has 0 saturated heterocycles. The van der Waals surface area contributed by atoms with Gasteiger partial charge in [-0.25, -0.2) is 0 Å². The van der Waals surface area contributed by atoms with Crippen LogP contribution in [0.3, 0.4) is 0 Å². The van der Waals surface area contributed by atoms with Crippen LogP contribution in [0.25, 0.3) is 0 Å². The SMILES string of the molecule is C#CC(C)Nc1c(Cl)cc(Cl)cc1Cl. The van der Waals surface area contributed by atoms with E-state index in [1.807, 2.05) is 6.92 Å². The zero-order valence-electron chi connectivity index (χ0n) is 7.44. The van der Waals surface area contributed by atoms with Gasteiger partial charge < -0.3 is 5.32 Å². The van der Waals surface area contributed by atoms with Gasteiger partial charge in [-0.15, -0.1) is 6.42 Å². The van der Waals surface area contributed by atoms with E-state index in [0.29, 0.717) is 20.8 Å². The van der Waals surface area contributed by atoms with Gasteiger partial charge >= 0.3 is 0 Å². The van der Waals surface area contributed by atoms with Crippen LogP contribution in [0.2, 0.25) is 15.1 Å². The van der Waals surface area contributed by atoms with Crippen LogP contribution in [0, 0.1) is 12.3 Å². The summed E-state index contributed by atoms with van der Waals surface area (Å²) in [7, 11) is 0. The van der Waals surface area contributed by atoms with E-state index in [0.717, 1.165) is 0 Å². The zero-order valence-corrected chi connectivity index (χ0v) is 9.71. The highest BCUT2D eigenvalue weighted by atomic mass is 35.5. The quantitative estimate of drug-likeness (QED) is 0.778. The molecule has 1 unspecified atom stereocenters. The summed E-state index contributed by atoms with van der Waals surface area (Å²) in [6, 6.07) is 3.09. The van der Waals surface area contributed by atoms with Crippen LogP contribution < -0.4 is 5.32 Å². The van der Waals surface area contributed by atoms with Crippen molar-refractivity contribution in [3.8, 4) is 12.3 Å². The number of hydrogen-bond donors (Lipinski definition) is 1. The highest BCUT2D eigenvalue weighted by Crippen LogP contribution is 2.33. The third-order valence-corrected chi connectivity index (χ3v) is 2.43. The molecule has 0 radical (unpaired) electrons. The van der Waals surface area contributed by atoms with Crippen molar-refractivity contribution < 1.29 is 0 Å². The second-order valence-electron chi connectivity index (χ2n) is 2.78. The summed E-state index contributed by atoms with van der Waals surface area (Å²) in [6.07, 6.45) is 5.23. The third kappa shape index (κ3) is 2.72. The van der Waals surface area contributed by atoms with E-state index in [2.05, 4.69) is 11.2 Å². The molecule has 0 aliphatic carbocycles. The molecule has 74 valence electrons. The fourth-order valence-electron chi connectivity index (χ4n) is 0.938. The number of halogens is 3. The highest BCUT2D eigenvalue weighted by molar-refractivity contribution is 6.41. The number of anilines is 1. The number of terminal acetylenes is 1. The van der Waals surface area contributed by atoms with Crippen molar-refractivity contribution >= 4 is 40.5 Å². The first-order valence-electron chi connectivity index (χ1n) is 3.92. The molecule has 1 aromatic carbocycles. The Morgan fingerprint density at radius 1 is 1.29 bits per heavy atom. The average Bonchev–Trinajstić information content (AvgIpc) is 2.10. The van der Waals surface area contributed by atoms with Gasteiger partial charge in [-0.3, -0.25) is 0 Å². The Bertz CT molecular complexity index is 358. The normalized spacial score (nSPS) is 11.9. The molecule has 1 rings (SSSR count). The van der Waals surface area contributed by atoms with E-state index in [9.17, 15) is 0 Å². The Morgan fingerprint density at radius 2 is 1.79 bits per heavy atom. The van der Waals surface area contributed by atoms with Crippen LogP contribution in [-0.2, 0) is 0 Å². The molecule has 1 N–H and O–H groups in total. The fourth-order valence-corrected chi connectivity index (χ4v) is 1.86. The minimum Gasteiger partial charge on any atom is -0.369 e. The highest BCUT2D eigenvalue weighted by Gasteiger charge is 2.08. The molecule has 0 bridgehead atoms. The van der Waals surface area contributed by atoms with Crippen LogP contribution in [0.5, 0.6) is 0 Å². The van der Waals surface area contributed by atoms with Crippen molar-refractivity contribution in [3.05, 3.63) is 27.2 Å². The minimum atomic E-state index is -0.133. The lowest BCUT2D eigenvalue weighted by Gasteiger charge is -2.12. The standard InChI is InChI=1S/C10H8Cl3N/c1-3-6(2)14-10-8(12)4-7(11)5-9(10)13/h1,4-6,14H,2H3. The summed E-state index contributed by atoms with van der Waals surface area (Å²) in [5.74, 6) is 2.52. The van der Waals surface area contributed by atoms with Gasteiger partial charge in [-0.1, -0.05) is 40.7 Å². The molecular weight excluding hydrogens is 240 g/mol. The van der Waals surface area contributed by atoms with Crippen LogP contribution >= 0.6 is 34.8 Å². The van der Waals surface area contributed by atoms with Gasteiger partial charge in [0.1, 0.15) is 0 Å². The lowest BCUT2D eigenvalue weighted by Crippen LogP contribution is -2.12. The van der Waals surface area contributed by atoms with Crippen molar-refractivity contribution in [1.82, 2.24) is 0 Å². The molecule has 1 nitrogen and oxygen atoms in total. The van der Waals surface area contributed by atoms with Gasteiger partial charge in [0.15, 0.2) is 0 Å². The molecule has 0 heterocycles. The van der Waals surface area contributed by atoms with E-state index >= 15 is 0 Å². The summed E-state index contributed by atoms with van der Waals surface area (Å²) >= 11 is 17.6. The van der Waals surface area contributed by atoms with Gasteiger partial charge in [-0.05, 0) is 19.1 Å². The minimum absolute atomic E-state index is 0.133. The summed E-state index contributed by atoms with van der Waals surface area (Å²) in [6.45, 7) is 1.83. The van der Waals surface area contributed by atoms with Gasteiger partial charge in [0, 0.05) is 5.02 Å². The molecule has 0 spiro atoms. The first-order valence-corrected chi connectivity index (χ1v) is 5.05. The van der Waals surface area contributed by atoms with E-state index in [1.165, 1.54) is 0 Å². The second-order valence-corrected chi connectivity index (χ2v) is 4.03. The lowest BCUT2D eigenvalue weighted by atomic mass is 10.2. The number of hydrogen-bond acceptors (Lipinski definition) is 1. The zero-order chi connectivity index (χ0) is 10.7. The molecule has 1 atom stereocenters. The van der Waals surface area contributed by atoms with Crippen LogP contribution in [0.15, 0.2) is 12.1 Å². The predicted molar refractivity (Wildman–Crippen MR) is 63.4 cm³/mol. The average molecular weight is 249 g/mol. The summed E-state index contributed by atoms with van der Waals surface area (Å²) in [4.78, 5) is 0. The molecule has 0 fully saturated rings. The van der Waals surface area contributed by atoms with Crippen molar-refractivity contribution in [3.63, 3.8) is 0 Å². The molecule has 0 aliphatic heterocycles. The Morgan fingerprint density at radius 3 is 2.21 bits per heavy atom. The summed E-state index contributed by atoms with van der Waals surface area (Å²) in [5.41, 5.74) is 0.614. The van der Waals surface area contributed by atoms with Gasteiger partial charge in [-0.2, -0.15) is 0 Å². The van der Waals surface area contributed by atoms with E-state index < -0.39 is 0 Å². The van der Waals surface area contributed by atoms with Crippen molar-refractivity contribution in [2.24, 2.45) is 0 Å². The first kappa shape index (κ1) is 11.5. The van der Waals surface area contributed by atoms with Gasteiger partial charge in [0.25, 0.3) is 0 Å². The van der Waals surface area contributed by atoms with E-state index in [1.54, 1.807) is 12.1 Å². The van der Waals surface area contributed by atoms with Crippen molar-refractivity contribution in [1.29, 1.82) is 0 Å². The second kappa shape index (κ2) is 4.79. The Kier molecular flexibility index (Phi) is 3.95. The Hall–Kier alpha value is -0.550. The molecule has 0 aliphatic rings. The maximum atomic E-state index is 5.94. The molecule has 0 aromatic heterocycles. The number of nitrogens with one attached hydrogen (secondary N) is 1. The van der Waals surface area contributed by atoms with E-state index in [4.69, 9.17) is 41.2 Å². The monoisotopic (exact) mass is 247 g/mol. The molecule has 0 saturated carbocycles. The van der Waals surface area contributed by atoms with Crippen LogP contribution in [0.4, 0.5) is 5.69 Å². The predicted octanol–water partition coefficient (Wildman–Crippen LogP) is 4.08. The van der Waals surface area contributed by atoms with E-state index in [-0.39, 0.29) is 6.04 Å². The topological polar surface area (TPSA) is 12.0 Å². The number of rotatable bonds is 2. The number of benzene rings is 1. The fraction of sp³-hybridized carbons (Fsp3) is 0.200. The maximum Gasteiger partial charge on any atom is 0.0846 e. The molecule has 4 heteroatoms. The van der Waals surface area contributed by atoms with Gasteiger partial charge in [0.2, 0.25) is 0 Å². The Labute approximate surface area is 98.4 Å². The maximum absolute atomic E-state index is 5.94. The first-order chi connectivity index (χ1) is 6.54. The van der Waals surface area contributed by atoms with Gasteiger partial charge in [0.05, 0.1) is 21.8 Å². The van der Waals surface area contributed by atoms with Crippen LogP contribution in [0.1, 0.15) is 6.92 Å². The summed E-state index contributed by atoms with van der Waals surface area (Å²) in [5, 5.41) is 4.42. The Balaban J connectivity index is 3.04. The van der Waals surface area contributed by atoms with Crippen LogP contribution in [-0.4, -0.2) is 6.04 Å².